The topological polar surface area (TPSA) is 81.7 Å². The van der Waals surface area contributed by atoms with E-state index < -0.39 is 15.4 Å². The average Bonchev–Trinajstić information content (AvgIpc) is 2.99. The monoisotopic (exact) mass is 417 g/mol. The second kappa shape index (κ2) is 8.32. The lowest BCUT2D eigenvalue weighted by Gasteiger charge is -2.37. The minimum absolute atomic E-state index is 0.0191. The first-order valence-electron chi connectivity index (χ1n) is 10.2. The highest BCUT2D eigenvalue weighted by atomic mass is 32.2. The summed E-state index contributed by atoms with van der Waals surface area (Å²) in [5.41, 5.74) is -0.605. The highest BCUT2D eigenvalue weighted by Gasteiger charge is 2.46. The van der Waals surface area contributed by atoms with E-state index in [-0.39, 0.29) is 23.5 Å². The number of ether oxygens (including phenoxy) is 2. The number of sulfone groups is 1. The maximum absolute atomic E-state index is 12.3. The van der Waals surface area contributed by atoms with Crippen molar-refractivity contribution in [2.45, 2.75) is 43.7 Å². The molecule has 1 amide bonds. The molecule has 156 valence electrons. The van der Waals surface area contributed by atoms with Gasteiger partial charge in [-0.15, -0.1) is 0 Å². The van der Waals surface area contributed by atoms with Crippen LogP contribution in [0.5, 0.6) is 5.75 Å². The maximum atomic E-state index is 12.3. The number of benzene rings is 2. The minimum atomic E-state index is -3.02. The van der Waals surface area contributed by atoms with Gasteiger partial charge in [-0.3, -0.25) is 4.79 Å². The zero-order valence-electron chi connectivity index (χ0n) is 16.4. The van der Waals surface area contributed by atoms with Gasteiger partial charge < -0.3 is 14.8 Å². The summed E-state index contributed by atoms with van der Waals surface area (Å²) in [5.74, 6) is 1.07. The van der Waals surface area contributed by atoms with Crippen LogP contribution in [0, 0.1) is 0 Å². The Kier molecular flexibility index (Phi) is 5.79. The van der Waals surface area contributed by atoms with E-state index in [1.54, 1.807) is 0 Å². The van der Waals surface area contributed by atoms with Crippen LogP contribution in [0.1, 0.15) is 32.1 Å². The van der Waals surface area contributed by atoms with Gasteiger partial charge in [0, 0.05) is 24.5 Å². The van der Waals surface area contributed by atoms with E-state index >= 15 is 0 Å². The molecule has 0 radical (unpaired) electrons. The van der Waals surface area contributed by atoms with Crippen LogP contribution in [-0.2, 0) is 19.4 Å². The molecule has 0 saturated carbocycles. The smallest absolute Gasteiger partial charge is 0.220 e. The van der Waals surface area contributed by atoms with Crippen molar-refractivity contribution in [1.29, 1.82) is 0 Å². The van der Waals surface area contributed by atoms with Crippen LogP contribution in [0.25, 0.3) is 10.8 Å². The van der Waals surface area contributed by atoms with E-state index in [1.807, 2.05) is 42.5 Å². The first-order chi connectivity index (χ1) is 13.9. The van der Waals surface area contributed by atoms with Gasteiger partial charge in [0.25, 0.3) is 0 Å². The van der Waals surface area contributed by atoms with E-state index in [2.05, 4.69) is 5.32 Å². The van der Waals surface area contributed by atoms with Crippen LogP contribution >= 0.6 is 0 Å². The number of carbonyl (C=O) groups excluding carboxylic acids is 1. The predicted octanol–water partition coefficient (Wildman–Crippen LogP) is 2.85. The zero-order chi connectivity index (χ0) is 20.3. The van der Waals surface area contributed by atoms with Crippen molar-refractivity contribution in [2.75, 3.05) is 24.7 Å². The molecular formula is C22H27NO5S. The Morgan fingerprint density at radius 1 is 1.21 bits per heavy atom. The van der Waals surface area contributed by atoms with Gasteiger partial charge in [0.1, 0.15) is 5.75 Å². The Morgan fingerprint density at radius 2 is 2.03 bits per heavy atom. The molecule has 1 N–H and O–H groups in total. The molecule has 2 fully saturated rings. The fourth-order valence-corrected chi connectivity index (χ4v) is 6.32. The number of rotatable bonds is 6. The van der Waals surface area contributed by atoms with Gasteiger partial charge in [-0.1, -0.05) is 36.4 Å². The van der Waals surface area contributed by atoms with Gasteiger partial charge in [-0.25, -0.2) is 8.42 Å². The number of carbonyl (C=O) groups is 1. The van der Waals surface area contributed by atoms with Crippen molar-refractivity contribution in [3.05, 3.63) is 42.5 Å². The van der Waals surface area contributed by atoms with Crippen LogP contribution < -0.4 is 10.1 Å². The molecule has 7 heteroatoms. The number of nitrogens with one attached hydrogen (secondary N) is 1. The van der Waals surface area contributed by atoms with Crippen LogP contribution in [0.15, 0.2) is 42.5 Å². The predicted molar refractivity (Wildman–Crippen MR) is 112 cm³/mol. The van der Waals surface area contributed by atoms with Gasteiger partial charge in [-0.05, 0) is 37.1 Å². The van der Waals surface area contributed by atoms with Crippen molar-refractivity contribution in [3.8, 4) is 5.75 Å². The van der Waals surface area contributed by atoms with Crippen LogP contribution in [0.3, 0.4) is 0 Å². The van der Waals surface area contributed by atoms with E-state index in [1.165, 1.54) is 0 Å². The molecule has 2 atom stereocenters. The van der Waals surface area contributed by atoms with Crippen molar-refractivity contribution < 1.29 is 22.7 Å². The summed E-state index contributed by atoms with van der Waals surface area (Å²) in [4.78, 5) is 12.3. The van der Waals surface area contributed by atoms with Gasteiger partial charge in [-0.2, -0.15) is 0 Å². The summed E-state index contributed by atoms with van der Waals surface area (Å²) in [6.45, 7) is 0.960. The summed E-state index contributed by atoms with van der Waals surface area (Å²) < 4.78 is 35.3. The third kappa shape index (κ3) is 4.90. The molecule has 2 saturated heterocycles. The Labute approximate surface area is 171 Å². The third-order valence-corrected chi connectivity index (χ3v) is 7.56. The van der Waals surface area contributed by atoms with E-state index in [9.17, 15) is 13.2 Å². The number of hydrogen-bond donors (Lipinski definition) is 1. The van der Waals surface area contributed by atoms with Crippen molar-refractivity contribution in [1.82, 2.24) is 5.32 Å². The van der Waals surface area contributed by atoms with Crippen molar-refractivity contribution >= 4 is 26.5 Å². The summed E-state index contributed by atoms with van der Waals surface area (Å²) in [5, 5.41) is 5.25. The van der Waals surface area contributed by atoms with Gasteiger partial charge >= 0.3 is 0 Å². The molecule has 29 heavy (non-hydrogen) atoms. The van der Waals surface area contributed by atoms with Gasteiger partial charge in [0.2, 0.25) is 5.91 Å². The third-order valence-electron chi connectivity index (χ3n) is 5.77. The van der Waals surface area contributed by atoms with E-state index in [4.69, 9.17) is 9.47 Å². The Bertz CT molecular complexity index is 984. The first kappa shape index (κ1) is 20.2. The highest BCUT2D eigenvalue weighted by Crippen LogP contribution is 2.35. The molecule has 1 spiro atoms. The lowest BCUT2D eigenvalue weighted by Crippen LogP contribution is -2.49. The Morgan fingerprint density at radius 3 is 2.86 bits per heavy atom. The van der Waals surface area contributed by atoms with E-state index in [0.29, 0.717) is 38.9 Å². The summed E-state index contributed by atoms with van der Waals surface area (Å²) in [6, 6.07) is 14.0. The lowest BCUT2D eigenvalue weighted by molar-refractivity contribution is -0.124. The molecule has 2 aliphatic heterocycles. The number of fused-ring (bicyclic) bond motifs is 1. The fraction of sp³-hybridized carbons (Fsp3) is 0.500. The standard InChI is InChI=1S/C22H27NO5S/c24-21(23-18-10-13-28-22(15-18)11-14-29(25,26)16-22)9-4-12-27-20-8-3-6-17-5-1-2-7-19(17)20/h1-3,5-8,18H,4,9-16H2,(H,23,24)/t18-,22-/m1/s1. The summed E-state index contributed by atoms with van der Waals surface area (Å²) in [7, 11) is -3.02. The molecule has 0 aromatic heterocycles. The molecule has 2 aromatic carbocycles. The highest BCUT2D eigenvalue weighted by molar-refractivity contribution is 7.91. The summed E-state index contributed by atoms with van der Waals surface area (Å²) >= 11 is 0. The van der Waals surface area contributed by atoms with Crippen molar-refractivity contribution in [2.24, 2.45) is 0 Å². The quantitative estimate of drug-likeness (QED) is 0.731. The number of amides is 1. The molecule has 0 aliphatic carbocycles. The normalized spacial score (nSPS) is 25.9. The molecule has 2 heterocycles. The van der Waals surface area contributed by atoms with Crippen LogP contribution in [0.4, 0.5) is 0 Å². The Balaban J connectivity index is 1.23. The molecule has 2 aromatic rings. The second-order valence-corrected chi connectivity index (χ2v) is 10.2. The Hall–Kier alpha value is -2.12. The molecule has 0 bridgehead atoms. The molecule has 2 aliphatic rings. The number of hydrogen-bond acceptors (Lipinski definition) is 5. The molecular weight excluding hydrogens is 390 g/mol. The SMILES string of the molecule is O=C(CCCOc1cccc2ccccc12)N[C@@H]1CCO[C@]2(CCS(=O)(=O)C2)C1. The average molecular weight is 418 g/mol. The zero-order valence-corrected chi connectivity index (χ0v) is 17.2. The fourth-order valence-electron chi connectivity index (χ4n) is 4.35. The minimum Gasteiger partial charge on any atom is -0.493 e. The summed E-state index contributed by atoms with van der Waals surface area (Å²) in [6.07, 6.45) is 2.83. The second-order valence-electron chi connectivity index (χ2n) is 8.06. The van der Waals surface area contributed by atoms with Gasteiger partial charge in [0.15, 0.2) is 9.84 Å². The van der Waals surface area contributed by atoms with E-state index in [0.717, 1.165) is 22.9 Å². The maximum Gasteiger partial charge on any atom is 0.220 e. The van der Waals surface area contributed by atoms with Crippen molar-refractivity contribution in [3.63, 3.8) is 0 Å². The van der Waals surface area contributed by atoms with Crippen LogP contribution in [-0.4, -0.2) is 50.7 Å². The lowest BCUT2D eigenvalue weighted by atomic mass is 9.90. The molecule has 6 nitrogen and oxygen atoms in total. The first-order valence-corrected chi connectivity index (χ1v) is 12.0. The van der Waals surface area contributed by atoms with Gasteiger partial charge in [0.05, 0.1) is 23.7 Å². The van der Waals surface area contributed by atoms with Crippen LogP contribution in [0.2, 0.25) is 0 Å². The largest absolute Gasteiger partial charge is 0.493 e. The molecule has 0 unspecified atom stereocenters. The molecule has 4 rings (SSSR count).